The first-order valence-corrected chi connectivity index (χ1v) is 6.63. The number of aromatic nitrogens is 4. The van der Waals surface area contributed by atoms with Gasteiger partial charge in [-0.1, -0.05) is 6.07 Å². The van der Waals surface area contributed by atoms with E-state index in [1.807, 2.05) is 4.90 Å². The third kappa shape index (κ3) is 2.77. The number of aryl methyl sites for hydroxylation is 1. The molecule has 2 aromatic rings. The van der Waals surface area contributed by atoms with Crippen molar-refractivity contribution in [2.24, 2.45) is 7.05 Å². The summed E-state index contributed by atoms with van der Waals surface area (Å²) in [6.45, 7) is 0.876. The van der Waals surface area contributed by atoms with Crippen LogP contribution in [0, 0.1) is 11.6 Å². The Morgan fingerprint density at radius 3 is 2.81 bits per heavy atom. The van der Waals surface area contributed by atoms with E-state index in [9.17, 15) is 13.9 Å². The third-order valence-electron chi connectivity index (χ3n) is 3.76. The van der Waals surface area contributed by atoms with Gasteiger partial charge in [-0.2, -0.15) is 0 Å². The first-order valence-electron chi connectivity index (χ1n) is 6.63. The maximum Gasteiger partial charge on any atom is 0.165 e. The molecule has 0 spiro atoms. The van der Waals surface area contributed by atoms with Crippen molar-refractivity contribution >= 4 is 0 Å². The number of aliphatic hydroxyl groups is 1. The zero-order valence-electron chi connectivity index (χ0n) is 11.4. The molecule has 1 aliphatic heterocycles. The molecule has 8 heteroatoms. The molecule has 6 nitrogen and oxygen atoms in total. The molecule has 1 aliphatic rings. The monoisotopic (exact) mass is 295 g/mol. The topological polar surface area (TPSA) is 67.1 Å². The zero-order valence-corrected chi connectivity index (χ0v) is 11.4. The highest BCUT2D eigenvalue weighted by molar-refractivity contribution is 5.23. The van der Waals surface area contributed by atoms with Gasteiger partial charge in [-0.3, -0.25) is 4.90 Å². The van der Waals surface area contributed by atoms with Crippen molar-refractivity contribution in [2.45, 2.75) is 25.1 Å². The fraction of sp³-hybridized carbons (Fsp3) is 0.462. The number of hydrogen-bond donors (Lipinski definition) is 1. The van der Waals surface area contributed by atoms with Gasteiger partial charge >= 0.3 is 0 Å². The second-order valence-corrected chi connectivity index (χ2v) is 5.23. The SMILES string of the molecule is Cn1nnnc1CN1C[C@H](O)C[C@H]1c1ccc(F)c(F)c1. The Morgan fingerprint density at radius 2 is 2.14 bits per heavy atom. The lowest BCUT2D eigenvalue weighted by Crippen LogP contribution is -2.26. The summed E-state index contributed by atoms with van der Waals surface area (Å²) in [6, 6.07) is 3.65. The number of likely N-dealkylation sites (tertiary alicyclic amines) is 1. The second kappa shape index (κ2) is 5.45. The average molecular weight is 295 g/mol. The van der Waals surface area contributed by atoms with Crippen molar-refractivity contribution < 1.29 is 13.9 Å². The summed E-state index contributed by atoms with van der Waals surface area (Å²) in [7, 11) is 1.73. The Balaban J connectivity index is 1.85. The second-order valence-electron chi connectivity index (χ2n) is 5.23. The molecule has 0 aliphatic carbocycles. The summed E-state index contributed by atoms with van der Waals surface area (Å²) in [4.78, 5) is 1.96. The summed E-state index contributed by atoms with van der Waals surface area (Å²) >= 11 is 0. The molecule has 1 aromatic carbocycles. The molecule has 0 bridgehead atoms. The smallest absolute Gasteiger partial charge is 0.165 e. The normalized spacial score (nSPS) is 22.9. The molecule has 0 saturated carbocycles. The van der Waals surface area contributed by atoms with Gasteiger partial charge in [0.15, 0.2) is 17.5 Å². The third-order valence-corrected chi connectivity index (χ3v) is 3.76. The summed E-state index contributed by atoms with van der Waals surface area (Å²) < 4.78 is 28.0. The van der Waals surface area contributed by atoms with Crippen LogP contribution in [0.25, 0.3) is 0 Å². The predicted octanol–water partition coefficient (Wildman–Crippen LogP) is 0.796. The van der Waals surface area contributed by atoms with E-state index in [1.165, 1.54) is 6.07 Å². The van der Waals surface area contributed by atoms with E-state index >= 15 is 0 Å². The number of tetrazole rings is 1. The van der Waals surface area contributed by atoms with E-state index in [0.717, 1.165) is 6.07 Å². The molecule has 2 atom stereocenters. The van der Waals surface area contributed by atoms with Crippen molar-refractivity contribution in [3.8, 4) is 0 Å². The fourth-order valence-electron chi connectivity index (χ4n) is 2.68. The Morgan fingerprint density at radius 1 is 1.33 bits per heavy atom. The van der Waals surface area contributed by atoms with Gasteiger partial charge in [0.2, 0.25) is 0 Å². The van der Waals surface area contributed by atoms with Crippen molar-refractivity contribution in [3.63, 3.8) is 0 Å². The first kappa shape index (κ1) is 14.0. The minimum absolute atomic E-state index is 0.188. The quantitative estimate of drug-likeness (QED) is 0.907. The van der Waals surface area contributed by atoms with Crippen LogP contribution in [0.15, 0.2) is 18.2 Å². The fourth-order valence-corrected chi connectivity index (χ4v) is 2.68. The predicted molar refractivity (Wildman–Crippen MR) is 68.9 cm³/mol. The van der Waals surface area contributed by atoms with E-state index in [-0.39, 0.29) is 6.04 Å². The van der Waals surface area contributed by atoms with E-state index in [1.54, 1.807) is 17.8 Å². The lowest BCUT2D eigenvalue weighted by Gasteiger charge is -2.23. The molecule has 1 saturated heterocycles. The van der Waals surface area contributed by atoms with Crippen LogP contribution in [0.3, 0.4) is 0 Å². The number of aliphatic hydroxyl groups excluding tert-OH is 1. The Bertz CT molecular complexity index is 647. The summed E-state index contributed by atoms with van der Waals surface area (Å²) in [5, 5.41) is 21.1. The van der Waals surface area contributed by atoms with Crippen molar-refractivity contribution in [1.82, 2.24) is 25.1 Å². The van der Waals surface area contributed by atoms with Gasteiger partial charge in [-0.15, -0.1) is 5.10 Å². The molecule has 2 heterocycles. The number of benzene rings is 1. The number of β-amino-alcohol motifs (C(OH)–C–C–N with tert-alkyl or cyclic N) is 1. The molecular weight excluding hydrogens is 280 g/mol. The van der Waals surface area contributed by atoms with Gasteiger partial charge < -0.3 is 5.11 Å². The summed E-state index contributed by atoms with van der Waals surface area (Å²) in [5.41, 5.74) is 0.639. The molecule has 0 unspecified atom stereocenters. The van der Waals surface area contributed by atoms with Crippen LogP contribution in [0.2, 0.25) is 0 Å². The Hall–Kier alpha value is -1.93. The van der Waals surface area contributed by atoms with Gasteiger partial charge in [0.25, 0.3) is 0 Å². The lowest BCUT2D eigenvalue weighted by molar-refractivity contribution is 0.170. The van der Waals surface area contributed by atoms with E-state index in [4.69, 9.17) is 0 Å². The largest absolute Gasteiger partial charge is 0.392 e. The summed E-state index contributed by atoms with van der Waals surface area (Å²) in [6.07, 6.45) is -0.0413. The van der Waals surface area contributed by atoms with Gasteiger partial charge in [0.05, 0.1) is 12.6 Å². The Labute approximate surface area is 120 Å². The Kier molecular flexibility index (Phi) is 3.64. The molecule has 3 rings (SSSR count). The zero-order chi connectivity index (χ0) is 15.0. The van der Waals surface area contributed by atoms with Crippen LogP contribution >= 0.6 is 0 Å². The maximum atomic E-state index is 13.4. The van der Waals surface area contributed by atoms with Crippen LogP contribution in [-0.4, -0.2) is 42.9 Å². The van der Waals surface area contributed by atoms with Crippen LogP contribution in [0.1, 0.15) is 23.9 Å². The molecule has 1 aromatic heterocycles. The number of rotatable bonds is 3. The van der Waals surface area contributed by atoms with Crippen molar-refractivity contribution in [2.75, 3.05) is 6.54 Å². The standard InChI is InChI=1S/C13H15F2N5O/c1-19-13(16-17-18-19)7-20-6-9(21)5-12(20)8-2-3-10(14)11(15)4-8/h2-4,9,12,21H,5-7H2,1H3/t9-,12+/m1/s1. The molecule has 21 heavy (non-hydrogen) atoms. The van der Waals surface area contributed by atoms with Crippen LogP contribution in [-0.2, 0) is 13.6 Å². The first-order chi connectivity index (χ1) is 10.0. The number of hydrogen-bond acceptors (Lipinski definition) is 5. The molecule has 1 N–H and O–H groups in total. The average Bonchev–Trinajstić information content (AvgIpc) is 3.00. The van der Waals surface area contributed by atoms with Crippen molar-refractivity contribution in [3.05, 3.63) is 41.2 Å². The minimum atomic E-state index is -0.880. The van der Waals surface area contributed by atoms with E-state index in [2.05, 4.69) is 15.5 Å². The molecule has 0 amide bonds. The number of halogens is 2. The molecule has 112 valence electrons. The highest BCUT2D eigenvalue weighted by Crippen LogP contribution is 2.33. The molecular formula is C13H15F2N5O. The van der Waals surface area contributed by atoms with Crippen LogP contribution in [0.5, 0.6) is 0 Å². The van der Waals surface area contributed by atoms with Gasteiger partial charge in [-0.25, -0.2) is 13.5 Å². The maximum absolute atomic E-state index is 13.4. The van der Waals surface area contributed by atoms with E-state index in [0.29, 0.717) is 30.9 Å². The summed E-state index contributed by atoms with van der Waals surface area (Å²) in [5.74, 6) is -1.10. The highest BCUT2D eigenvalue weighted by atomic mass is 19.2. The van der Waals surface area contributed by atoms with Gasteiger partial charge in [0, 0.05) is 19.6 Å². The van der Waals surface area contributed by atoms with Crippen molar-refractivity contribution in [1.29, 1.82) is 0 Å². The van der Waals surface area contributed by atoms with E-state index < -0.39 is 17.7 Å². The highest BCUT2D eigenvalue weighted by Gasteiger charge is 2.33. The van der Waals surface area contributed by atoms with Crippen LogP contribution in [0.4, 0.5) is 8.78 Å². The van der Waals surface area contributed by atoms with Crippen LogP contribution < -0.4 is 0 Å². The van der Waals surface area contributed by atoms with Gasteiger partial charge in [-0.05, 0) is 34.5 Å². The van der Waals surface area contributed by atoms with Gasteiger partial charge in [0.1, 0.15) is 0 Å². The molecule has 0 radical (unpaired) electrons. The lowest BCUT2D eigenvalue weighted by atomic mass is 10.0. The minimum Gasteiger partial charge on any atom is -0.392 e. The molecule has 1 fully saturated rings. The number of nitrogens with zero attached hydrogens (tertiary/aromatic N) is 5.